The first kappa shape index (κ1) is 50.2. The zero-order chi connectivity index (χ0) is 48.5. The number of piperidine rings is 1. The molecule has 1 unspecified atom stereocenters. The van der Waals surface area contributed by atoms with Crippen molar-refractivity contribution in [2.75, 3.05) is 45.9 Å². The molecule has 6 amide bonds. The molecule has 6 rings (SSSR count). The highest BCUT2D eigenvalue weighted by Gasteiger charge is 2.44. The summed E-state index contributed by atoms with van der Waals surface area (Å²) in [5.74, 6) is -4.28. The molecule has 1 saturated heterocycles. The summed E-state index contributed by atoms with van der Waals surface area (Å²) in [7, 11) is 0. The van der Waals surface area contributed by atoms with Gasteiger partial charge in [-0.1, -0.05) is 103 Å². The molecule has 4 aromatic rings. The van der Waals surface area contributed by atoms with Gasteiger partial charge in [-0.05, 0) is 64.6 Å². The molecule has 2 aliphatic rings. The molecule has 2 heterocycles. The molecule has 1 fully saturated rings. The molecule has 0 aromatic heterocycles. The molecule has 358 valence electrons. The lowest BCUT2D eigenvalue weighted by molar-refractivity contribution is -0.147. The van der Waals surface area contributed by atoms with Crippen molar-refractivity contribution in [2.24, 2.45) is 11.1 Å². The minimum absolute atomic E-state index is 0.00266. The van der Waals surface area contributed by atoms with Crippen LogP contribution in [0.15, 0.2) is 115 Å². The standard InChI is InChI=1S/C51H59N7O10/c52-23-27-68-28-25-54-47(63)41-21-24-53-43(59)19-20-45(61)58-26-6-22-51(33-58,31-35-7-2-1-3-8-35)50(67)57-42(48(64)55-32-40-10-5-4-9-39(40)30-44(60)56-41)29-34-11-13-36(14-12-34)37-15-17-38(18-16-37)46(62)49(65)66/h1-5,7-20,41-42,46,62H,6,21-33,52H2,(H,53,59)(H,54,63)(H,55,64)(H,56,60)(H,57,67)(H,65,66)/b20-19+/t41-,42-,46?,51-/m0/s1. The van der Waals surface area contributed by atoms with Gasteiger partial charge < -0.3 is 52.2 Å². The number of nitrogens with zero attached hydrogens (tertiary/aromatic N) is 1. The summed E-state index contributed by atoms with van der Waals surface area (Å²) < 4.78 is 5.36. The predicted octanol–water partition coefficient (Wildman–Crippen LogP) is 1.86. The molecule has 17 heteroatoms. The van der Waals surface area contributed by atoms with Crippen molar-refractivity contribution in [3.63, 3.8) is 0 Å². The number of hydrogen-bond acceptors (Lipinski definition) is 10. The first-order valence-corrected chi connectivity index (χ1v) is 22.7. The average Bonchev–Trinajstić information content (AvgIpc) is 3.34. The number of fused-ring (bicyclic) bond motifs is 3. The number of rotatable bonds is 13. The van der Waals surface area contributed by atoms with Crippen LogP contribution in [0.5, 0.6) is 0 Å². The van der Waals surface area contributed by atoms with Crippen LogP contribution in [0.3, 0.4) is 0 Å². The molecule has 0 spiro atoms. The number of carbonyl (C=O) groups excluding carboxylic acids is 6. The van der Waals surface area contributed by atoms with Crippen LogP contribution in [0.25, 0.3) is 11.1 Å². The van der Waals surface area contributed by atoms with Gasteiger partial charge in [-0.15, -0.1) is 0 Å². The van der Waals surface area contributed by atoms with Crippen LogP contribution in [0.2, 0.25) is 0 Å². The van der Waals surface area contributed by atoms with E-state index in [1.807, 2.05) is 54.6 Å². The Morgan fingerprint density at radius 1 is 0.824 bits per heavy atom. The minimum Gasteiger partial charge on any atom is -0.479 e. The Morgan fingerprint density at radius 2 is 1.51 bits per heavy atom. The van der Waals surface area contributed by atoms with Gasteiger partial charge in [-0.2, -0.15) is 0 Å². The number of aliphatic hydroxyl groups excluding tert-OH is 1. The smallest absolute Gasteiger partial charge is 0.337 e. The topological polar surface area (TPSA) is 259 Å². The summed E-state index contributed by atoms with van der Waals surface area (Å²) in [6.07, 6.45) is 1.74. The Bertz CT molecular complexity index is 2430. The third kappa shape index (κ3) is 14.2. The van der Waals surface area contributed by atoms with Crippen LogP contribution in [0.1, 0.15) is 53.2 Å². The zero-order valence-electron chi connectivity index (χ0n) is 37.8. The minimum atomic E-state index is -1.65. The van der Waals surface area contributed by atoms with Crippen LogP contribution >= 0.6 is 0 Å². The predicted molar refractivity (Wildman–Crippen MR) is 252 cm³/mol. The van der Waals surface area contributed by atoms with Gasteiger partial charge >= 0.3 is 5.97 Å². The summed E-state index contributed by atoms with van der Waals surface area (Å²) >= 11 is 0. The van der Waals surface area contributed by atoms with E-state index in [9.17, 15) is 43.8 Å². The molecule has 4 aromatic carbocycles. The number of aliphatic carboxylic acids is 1. The van der Waals surface area contributed by atoms with Crippen LogP contribution < -0.4 is 32.3 Å². The lowest BCUT2D eigenvalue weighted by atomic mass is 9.74. The summed E-state index contributed by atoms with van der Waals surface area (Å²) in [5, 5.41) is 33.4. The zero-order valence-corrected chi connectivity index (χ0v) is 37.8. The highest BCUT2D eigenvalue weighted by atomic mass is 16.5. The van der Waals surface area contributed by atoms with Gasteiger partial charge in [-0.3, -0.25) is 28.8 Å². The van der Waals surface area contributed by atoms with Gasteiger partial charge in [0.15, 0.2) is 6.10 Å². The van der Waals surface area contributed by atoms with Crippen LogP contribution in [-0.2, 0) is 64.1 Å². The van der Waals surface area contributed by atoms with Crippen molar-refractivity contribution in [3.8, 4) is 11.1 Å². The van der Waals surface area contributed by atoms with Crippen molar-refractivity contribution in [1.82, 2.24) is 31.5 Å². The SMILES string of the molecule is NCCOCCNC(=O)[C@@H]1CCNC(=O)/C=C/C(=O)N2CCC[C@](Cc3ccccc3)(C2)C(=O)N[C@@H](Cc2ccc(-c3ccc(C(O)C(=O)O)cc3)cc2)C(=O)NCc2ccccc2CC(=O)N1. The third-order valence-electron chi connectivity index (χ3n) is 12.1. The van der Waals surface area contributed by atoms with Gasteiger partial charge in [0.25, 0.3) is 0 Å². The number of nitrogens with two attached hydrogens (primary N) is 1. The van der Waals surface area contributed by atoms with Crippen LogP contribution in [0, 0.1) is 5.41 Å². The van der Waals surface area contributed by atoms with Crippen molar-refractivity contribution < 1.29 is 48.5 Å². The largest absolute Gasteiger partial charge is 0.479 e. The van der Waals surface area contributed by atoms with E-state index in [2.05, 4.69) is 26.6 Å². The Morgan fingerprint density at radius 3 is 2.22 bits per heavy atom. The number of benzene rings is 4. The van der Waals surface area contributed by atoms with Crippen LogP contribution in [-0.4, -0.2) is 115 Å². The number of nitrogens with one attached hydrogen (secondary N) is 5. The lowest BCUT2D eigenvalue weighted by Gasteiger charge is -2.42. The number of aliphatic hydroxyl groups is 1. The highest BCUT2D eigenvalue weighted by molar-refractivity contribution is 5.97. The van der Waals surface area contributed by atoms with Crippen molar-refractivity contribution in [3.05, 3.63) is 143 Å². The maximum absolute atomic E-state index is 14.9. The molecule has 68 heavy (non-hydrogen) atoms. The molecule has 4 atom stereocenters. The number of amides is 6. The number of carbonyl (C=O) groups is 7. The Balaban J connectivity index is 1.30. The van der Waals surface area contributed by atoms with Gasteiger partial charge in [-0.25, -0.2) is 4.79 Å². The fourth-order valence-electron chi connectivity index (χ4n) is 8.41. The maximum Gasteiger partial charge on any atom is 0.337 e. The molecule has 2 bridgehead atoms. The molecule has 0 aliphatic carbocycles. The van der Waals surface area contributed by atoms with E-state index in [4.69, 9.17) is 10.5 Å². The average molecular weight is 930 g/mol. The maximum atomic E-state index is 14.9. The molecular weight excluding hydrogens is 871 g/mol. The number of ether oxygens (including phenoxy) is 1. The monoisotopic (exact) mass is 929 g/mol. The summed E-state index contributed by atoms with van der Waals surface area (Å²) in [4.78, 5) is 95.8. The van der Waals surface area contributed by atoms with Gasteiger partial charge in [0.2, 0.25) is 35.4 Å². The first-order chi connectivity index (χ1) is 32.8. The van der Waals surface area contributed by atoms with E-state index in [0.717, 1.165) is 28.8 Å². The third-order valence-corrected chi connectivity index (χ3v) is 12.1. The summed E-state index contributed by atoms with van der Waals surface area (Å²) in [6.45, 7) is 1.36. The van der Waals surface area contributed by atoms with E-state index in [1.165, 1.54) is 17.0 Å². The second-order valence-corrected chi connectivity index (χ2v) is 17.0. The van der Waals surface area contributed by atoms with Gasteiger partial charge in [0.1, 0.15) is 12.1 Å². The van der Waals surface area contributed by atoms with Crippen molar-refractivity contribution >= 4 is 41.4 Å². The fraction of sp³-hybridized carbons (Fsp3) is 0.353. The summed E-state index contributed by atoms with van der Waals surface area (Å²) in [5.41, 5.74) is 8.93. The fourth-order valence-corrected chi connectivity index (χ4v) is 8.41. The van der Waals surface area contributed by atoms with E-state index < -0.39 is 65.0 Å². The highest BCUT2D eigenvalue weighted by Crippen LogP contribution is 2.35. The molecule has 2 aliphatic heterocycles. The summed E-state index contributed by atoms with van der Waals surface area (Å²) in [6, 6.07) is 28.2. The van der Waals surface area contributed by atoms with Crippen molar-refractivity contribution in [2.45, 2.75) is 63.3 Å². The van der Waals surface area contributed by atoms with Gasteiger partial charge in [0.05, 0.1) is 25.0 Å². The van der Waals surface area contributed by atoms with Crippen molar-refractivity contribution in [1.29, 1.82) is 0 Å². The van der Waals surface area contributed by atoms with Crippen LogP contribution in [0.4, 0.5) is 0 Å². The number of carboxylic acids is 1. The quantitative estimate of drug-likeness (QED) is 0.0899. The van der Waals surface area contributed by atoms with E-state index in [-0.39, 0.29) is 64.0 Å². The van der Waals surface area contributed by atoms with Gasteiger partial charge in [0, 0.05) is 57.8 Å². The molecule has 0 radical (unpaired) electrons. The van der Waals surface area contributed by atoms with E-state index >= 15 is 0 Å². The molecular formula is C51H59N7O10. The van der Waals surface area contributed by atoms with E-state index in [0.29, 0.717) is 49.2 Å². The molecule has 0 saturated carbocycles. The number of carboxylic acid groups (broad SMARTS) is 1. The Labute approximate surface area is 394 Å². The Hall–Kier alpha value is -7.21. The molecule has 9 N–H and O–H groups in total. The first-order valence-electron chi connectivity index (χ1n) is 22.7. The van der Waals surface area contributed by atoms with E-state index in [1.54, 1.807) is 36.4 Å². The Kier molecular flexibility index (Phi) is 18.1. The second-order valence-electron chi connectivity index (χ2n) is 17.0. The molecule has 17 nitrogen and oxygen atoms in total. The normalized spacial score (nSPS) is 20.7. The lowest BCUT2D eigenvalue weighted by Crippen LogP contribution is -2.58. The number of hydrogen-bond donors (Lipinski definition) is 8. The second kappa shape index (κ2) is 24.5.